The normalized spacial score (nSPS) is 16.4. The quantitative estimate of drug-likeness (QED) is 0.381. The summed E-state index contributed by atoms with van der Waals surface area (Å²) in [6, 6.07) is 16.8. The molecule has 0 saturated carbocycles. The van der Waals surface area contributed by atoms with Crippen molar-refractivity contribution in [2.45, 2.75) is 26.2 Å². The van der Waals surface area contributed by atoms with Gasteiger partial charge < -0.3 is 0 Å². The van der Waals surface area contributed by atoms with Crippen LogP contribution in [0.1, 0.15) is 33.5 Å². The molecule has 1 atom stereocenters. The number of carbonyl (C=O) groups excluding carboxylic acids is 1. The van der Waals surface area contributed by atoms with Crippen LogP contribution in [0, 0.1) is 23.0 Å². The molecule has 0 saturated heterocycles. The van der Waals surface area contributed by atoms with E-state index in [9.17, 15) is 14.9 Å². The van der Waals surface area contributed by atoms with Crippen molar-refractivity contribution in [3.63, 3.8) is 0 Å². The number of hydrogen-bond donors (Lipinski definition) is 0. The number of nitro groups is 1. The Bertz CT molecular complexity index is 1320. The second kappa shape index (κ2) is 7.06. The van der Waals surface area contributed by atoms with Crippen molar-refractivity contribution in [3.05, 3.63) is 97.4 Å². The van der Waals surface area contributed by atoms with E-state index in [0.29, 0.717) is 5.56 Å². The van der Waals surface area contributed by atoms with E-state index >= 15 is 0 Å². The Kier molecular flexibility index (Phi) is 4.35. The molecule has 148 valence electrons. The molecule has 4 nitrogen and oxygen atoms in total. The van der Waals surface area contributed by atoms with Gasteiger partial charge in [0, 0.05) is 23.6 Å². The summed E-state index contributed by atoms with van der Waals surface area (Å²) in [5.41, 5.74) is 7.02. The highest BCUT2D eigenvalue weighted by Crippen LogP contribution is 2.28. The number of aryl methyl sites for hydroxylation is 2. The monoisotopic (exact) mass is 395 g/mol. The van der Waals surface area contributed by atoms with Gasteiger partial charge in [0.1, 0.15) is 0 Å². The van der Waals surface area contributed by atoms with Gasteiger partial charge in [-0.15, -0.1) is 0 Å². The lowest BCUT2D eigenvalue weighted by Gasteiger charge is -2.22. The number of carbonyl (C=O) groups is 1. The second-order valence-corrected chi connectivity index (χ2v) is 8.09. The fourth-order valence-corrected chi connectivity index (χ4v) is 4.74. The average molecular weight is 395 g/mol. The summed E-state index contributed by atoms with van der Waals surface area (Å²) < 4.78 is 0. The van der Waals surface area contributed by atoms with Crippen molar-refractivity contribution in [2.75, 3.05) is 0 Å². The Hall–Kier alpha value is -3.53. The minimum Gasteiger partial charge on any atom is -0.294 e. The molecule has 0 aromatic heterocycles. The number of benzene rings is 3. The fraction of sp³-hybridized carbons (Fsp3) is 0.192. The first-order valence-electron chi connectivity index (χ1n) is 10.2. The van der Waals surface area contributed by atoms with Gasteiger partial charge in [-0.1, -0.05) is 42.5 Å². The lowest BCUT2D eigenvalue weighted by molar-refractivity contribution is -0.384. The molecular formula is C26H21NO3. The third-order valence-electron chi connectivity index (χ3n) is 6.38. The third kappa shape index (κ3) is 2.96. The molecule has 3 aromatic carbocycles. The molecule has 2 aliphatic rings. The van der Waals surface area contributed by atoms with Crippen molar-refractivity contribution in [3.8, 4) is 11.1 Å². The van der Waals surface area contributed by atoms with E-state index in [-0.39, 0.29) is 17.4 Å². The lowest BCUT2D eigenvalue weighted by atomic mass is 9.81. The first kappa shape index (κ1) is 18.5. The molecule has 4 heteroatoms. The Labute approximate surface area is 174 Å². The summed E-state index contributed by atoms with van der Waals surface area (Å²) in [5.74, 6) is -0.182. The van der Waals surface area contributed by atoms with Gasteiger partial charge in [0.15, 0.2) is 5.78 Å². The molecule has 0 N–H and O–H groups in total. The summed E-state index contributed by atoms with van der Waals surface area (Å²) in [6.45, 7) is 2.15. The number of rotatable bonds is 3. The topological polar surface area (TPSA) is 60.2 Å². The van der Waals surface area contributed by atoms with E-state index in [1.807, 2.05) is 0 Å². The smallest absolute Gasteiger partial charge is 0.269 e. The average Bonchev–Trinajstić information content (AvgIpc) is 2.78. The van der Waals surface area contributed by atoms with Crippen LogP contribution in [0.3, 0.4) is 0 Å². The minimum absolute atomic E-state index is 0.00199. The van der Waals surface area contributed by atoms with Gasteiger partial charge in [-0.3, -0.25) is 14.9 Å². The highest BCUT2D eigenvalue weighted by Gasteiger charge is 2.23. The molecule has 0 radical (unpaired) electrons. The van der Waals surface area contributed by atoms with Gasteiger partial charge in [0.05, 0.1) is 4.92 Å². The highest BCUT2D eigenvalue weighted by atomic mass is 16.6. The van der Waals surface area contributed by atoms with Gasteiger partial charge in [-0.25, -0.2) is 0 Å². The van der Waals surface area contributed by atoms with E-state index in [4.69, 9.17) is 0 Å². The number of nitro benzene ring substituents is 1. The largest absolute Gasteiger partial charge is 0.294 e. The van der Waals surface area contributed by atoms with E-state index in [1.165, 1.54) is 50.4 Å². The van der Waals surface area contributed by atoms with Crippen LogP contribution in [0.25, 0.3) is 23.3 Å². The standard InChI is InChI=1S/C26H21NO3/c1-16-3-2-4-22-21(16)13-14-24-23(22)12-9-17-5-6-19(15-25(17)24)26(28)18-7-10-20(11-8-18)27(29)30/h2-4,7-12,14-15,19H,5-6,13H2,1H3. The van der Waals surface area contributed by atoms with Crippen LogP contribution in [0.4, 0.5) is 5.69 Å². The summed E-state index contributed by atoms with van der Waals surface area (Å²) in [7, 11) is 0. The van der Waals surface area contributed by atoms with E-state index in [2.05, 4.69) is 49.4 Å². The van der Waals surface area contributed by atoms with Crippen LogP contribution in [0.2, 0.25) is 0 Å². The molecule has 2 aliphatic carbocycles. The van der Waals surface area contributed by atoms with Gasteiger partial charge >= 0.3 is 0 Å². The van der Waals surface area contributed by atoms with Crippen LogP contribution < -0.4 is 10.4 Å². The molecule has 0 spiro atoms. The van der Waals surface area contributed by atoms with Crippen LogP contribution in [-0.2, 0) is 12.8 Å². The Morgan fingerprint density at radius 2 is 1.80 bits per heavy atom. The predicted octanol–water partition coefficient (Wildman–Crippen LogP) is 4.13. The zero-order valence-electron chi connectivity index (χ0n) is 16.7. The first-order valence-corrected chi connectivity index (χ1v) is 10.2. The Morgan fingerprint density at radius 3 is 2.57 bits per heavy atom. The van der Waals surface area contributed by atoms with Gasteiger partial charge in [-0.05, 0) is 76.6 Å². The molecular weight excluding hydrogens is 374 g/mol. The molecule has 0 bridgehead atoms. The number of hydrogen-bond acceptors (Lipinski definition) is 3. The molecule has 0 heterocycles. The van der Waals surface area contributed by atoms with Crippen LogP contribution in [0.5, 0.6) is 0 Å². The lowest BCUT2D eigenvalue weighted by Crippen LogP contribution is -2.37. The molecule has 5 rings (SSSR count). The maximum absolute atomic E-state index is 13.1. The van der Waals surface area contributed by atoms with Crippen LogP contribution in [-0.4, -0.2) is 10.7 Å². The second-order valence-electron chi connectivity index (χ2n) is 8.09. The summed E-state index contributed by atoms with van der Waals surface area (Å²) >= 11 is 0. The number of fused-ring (bicyclic) bond motifs is 5. The zero-order chi connectivity index (χ0) is 20.8. The third-order valence-corrected chi connectivity index (χ3v) is 6.38. The molecule has 1 unspecified atom stereocenters. The van der Waals surface area contributed by atoms with Gasteiger partial charge in [0.2, 0.25) is 0 Å². The number of non-ortho nitro benzene ring substituents is 1. The maximum atomic E-state index is 13.1. The molecule has 0 fully saturated rings. The summed E-state index contributed by atoms with van der Waals surface area (Å²) in [4.78, 5) is 23.5. The molecule has 3 aromatic rings. The first-order chi connectivity index (χ1) is 14.5. The van der Waals surface area contributed by atoms with Crippen molar-refractivity contribution < 1.29 is 9.72 Å². The highest BCUT2D eigenvalue weighted by molar-refractivity contribution is 6.01. The fourth-order valence-electron chi connectivity index (χ4n) is 4.74. The Morgan fingerprint density at radius 1 is 1.00 bits per heavy atom. The van der Waals surface area contributed by atoms with Crippen molar-refractivity contribution in [1.82, 2.24) is 0 Å². The van der Waals surface area contributed by atoms with E-state index in [1.54, 1.807) is 12.1 Å². The van der Waals surface area contributed by atoms with Crippen molar-refractivity contribution in [2.24, 2.45) is 5.92 Å². The van der Waals surface area contributed by atoms with Crippen LogP contribution >= 0.6 is 0 Å². The maximum Gasteiger partial charge on any atom is 0.269 e. The summed E-state index contributed by atoms with van der Waals surface area (Å²) in [6.07, 6.45) is 6.92. The Balaban J connectivity index is 1.58. The van der Waals surface area contributed by atoms with E-state index in [0.717, 1.165) is 19.3 Å². The molecule has 0 amide bonds. The molecule has 0 aliphatic heterocycles. The number of ketones is 1. The van der Waals surface area contributed by atoms with Crippen LogP contribution in [0.15, 0.2) is 54.6 Å². The number of nitrogens with zero attached hydrogens (tertiary/aromatic N) is 1. The van der Waals surface area contributed by atoms with Crippen molar-refractivity contribution in [1.29, 1.82) is 0 Å². The van der Waals surface area contributed by atoms with E-state index < -0.39 is 4.92 Å². The summed E-state index contributed by atoms with van der Waals surface area (Å²) in [5, 5.41) is 13.3. The predicted molar refractivity (Wildman–Crippen MR) is 118 cm³/mol. The zero-order valence-corrected chi connectivity index (χ0v) is 16.7. The molecule has 30 heavy (non-hydrogen) atoms. The number of Topliss-reactive ketones (excluding diaryl/α,β-unsaturated/α-hetero) is 1. The van der Waals surface area contributed by atoms with Gasteiger partial charge in [-0.2, -0.15) is 0 Å². The van der Waals surface area contributed by atoms with Crippen molar-refractivity contribution >= 4 is 23.6 Å². The minimum atomic E-state index is -0.446. The van der Waals surface area contributed by atoms with Gasteiger partial charge in [0.25, 0.3) is 5.69 Å². The SMILES string of the molecule is Cc1cccc2c1CC=c1c-2ccc2c1=CC(C(=O)c1ccc([N+](=O)[O-])cc1)CC2.